The third-order valence-electron chi connectivity index (χ3n) is 4.74. The number of amides is 1. The highest BCUT2D eigenvalue weighted by molar-refractivity contribution is 6.32. The number of benzene rings is 2. The number of hydrogen-bond donors (Lipinski definition) is 2. The molecule has 0 aliphatic carbocycles. The van der Waals surface area contributed by atoms with Gasteiger partial charge in [0, 0.05) is 12.6 Å². The molecule has 2 aromatic rings. The molecule has 0 bridgehead atoms. The minimum atomic E-state index is -0.0393. The van der Waals surface area contributed by atoms with Gasteiger partial charge in [-0.05, 0) is 41.8 Å². The van der Waals surface area contributed by atoms with Crippen LogP contribution in [-0.2, 0) is 17.6 Å². The summed E-state index contributed by atoms with van der Waals surface area (Å²) in [5, 5.41) is 6.98. The number of nitrogens with one attached hydrogen (secondary N) is 2. The first-order valence-corrected chi connectivity index (χ1v) is 9.24. The number of carbonyl (C=O) groups excluding carboxylic acids is 1. The monoisotopic (exact) mass is 408 g/mol. The number of carbonyl (C=O) groups is 1. The minimum absolute atomic E-state index is 0. The molecule has 1 amide bonds. The Morgan fingerprint density at radius 3 is 2.93 bits per heavy atom. The maximum absolute atomic E-state index is 12.4. The van der Waals surface area contributed by atoms with Crippen LogP contribution in [0.3, 0.4) is 0 Å². The lowest BCUT2D eigenvalue weighted by Crippen LogP contribution is -2.39. The molecule has 0 radical (unpaired) electrons. The fourth-order valence-electron chi connectivity index (χ4n) is 3.51. The van der Waals surface area contributed by atoms with Gasteiger partial charge in [0.15, 0.2) is 11.5 Å². The molecule has 4 rings (SSSR count). The zero-order valence-corrected chi connectivity index (χ0v) is 16.4. The standard InChI is InChI=1S/C20H21ClN2O3.ClH/c21-16-9-13(10-18-20(16)26-8-7-25-18)11-19(24)23-12-17-15-4-2-1-3-14(15)5-6-22-17;/h1-4,9-10,17,22H,5-8,11-12H2,(H,23,24);1H. The van der Waals surface area contributed by atoms with Crippen molar-refractivity contribution in [2.75, 3.05) is 26.3 Å². The van der Waals surface area contributed by atoms with Crippen LogP contribution in [0.4, 0.5) is 0 Å². The molecule has 2 aliphatic rings. The summed E-state index contributed by atoms with van der Waals surface area (Å²) >= 11 is 6.24. The summed E-state index contributed by atoms with van der Waals surface area (Å²) in [6.07, 6.45) is 1.28. The van der Waals surface area contributed by atoms with Crippen LogP contribution in [0.1, 0.15) is 22.7 Å². The predicted octanol–water partition coefficient (Wildman–Crippen LogP) is 3.08. The van der Waals surface area contributed by atoms with Crippen LogP contribution >= 0.6 is 24.0 Å². The first-order valence-electron chi connectivity index (χ1n) is 8.86. The normalized spacial score (nSPS) is 17.4. The summed E-state index contributed by atoms with van der Waals surface area (Å²) in [4.78, 5) is 12.4. The Balaban J connectivity index is 0.00000210. The molecule has 0 spiro atoms. The Labute approximate surface area is 169 Å². The third-order valence-corrected chi connectivity index (χ3v) is 5.02. The lowest BCUT2D eigenvalue weighted by Gasteiger charge is -2.27. The van der Waals surface area contributed by atoms with Crippen molar-refractivity contribution in [3.8, 4) is 11.5 Å². The van der Waals surface area contributed by atoms with Gasteiger partial charge in [-0.15, -0.1) is 12.4 Å². The molecule has 7 heteroatoms. The van der Waals surface area contributed by atoms with E-state index in [-0.39, 0.29) is 30.8 Å². The fourth-order valence-corrected chi connectivity index (χ4v) is 3.79. The predicted molar refractivity (Wildman–Crippen MR) is 107 cm³/mol. The van der Waals surface area contributed by atoms with E-state index in [0.717, 1.165) is 18.5 Å². The Bertz CT molecular complexity index is 829. The van der Waals surface area contributed by atoms with E-state index in [1.54, 1.807) is 6.07 Å². The largest absolute Gasteiger partial charge is 0.486 e. The zero-order chi connectivity index (χ0) is 17.9. The molecular formula is C20H22Cl2N2O3. The first kappa shape index (κ1) is 19.8. The molecule has 0 fully saturated rings. The molecule has 5 nitrogen and oxygen atoms in total. The van der Waals surface area contributed by atoms with E-state index in [4.69, 9.17) is 21.1 Å². The average molecular weight is 409 g/mol. The lowest BCUT2D eigenvalue weighted by atomic mass is 9.94. The number of halogens is 2. The van der Waals surface area contributed by atoms with Crippen molar-refractivity contribution < 1.29 is 14.3 Å². The zero-order valence-electron chi connectivity index (χ0n) is 14.8. The molecule has 2 aromatic carbocycles. The highest BCUT2D eigenvalue weighted by Gasteiger charge is 2.21. The molecule has 144 valence electrons. The average Bonchev–Trinajstić information content (AvgIpc) is 2.66. The van der Waals surface area contributed by atoms with E-state index in [1.807, 2.05) is 12.1 Å². The Morgan fingerprint density at radius 1 is 1.22 bits per heavy atom. The molecular weight excluding hydrogens is 387 g/mol. The van der Waals surface area contributed by atoms with Gasteiger partial charge >= 0.3 is 0 Å². The Kier molecular flexibility index (Phi) is 6.47. The summed E-state index contributed by atoms with van der Waals surface area (Å²) in [6.45, 7) is 2.47. The second kappa shape index (κ2) is 8.83. The van der Waals surface area contributed by atoms with E-state index in [1.165, 1.54) is 11.1 Å². The summed E-state index contributed by atoms with van der Waals surface area (Å²) in [7, 11) is 0. The van der Waals surface area contributed by atoms with Crippen LogP contribution < -0.4 is 20.1 Å². The number of ether oxygens (including phenoxy) is 2. The maximum Gasteiger partial charge on any atom is 0.224 e. The SMILES string of the molecule is Cl.O=C(Cc1cc(Cl)c2c(c1)OCCO2)NCC1NCCc2ccccc21. The first-order chi connectivity index (χ1) is 12.7. The molecule has 27 heavy (non-hydrogen) atoms. The lowest BCUT2D eigenvalue weighted by molar-refractivity contribution is -0.120. The smallest absolute Gasteiger partial charge is 0.224 e. The highest BCUT2D eigenvalue weighted by atomic mass is 35.5. The molecule has 2 heterocycles. The van der Waals surface area contributed by atoms with Gasteiger partial charge in [0.05, 0.1) is 11.4 Å². The van der Waals surface area contributed by atoms with Gasteiger partial charge in [0.1, 0.15) is 13.2 Å². The summed E-state index contributed by atoms with van der Waals surface area (Å²) in [6, 6.07) is 12.1. The second-order valence-electron chi connectivity index (χ2n) is 6.54. The van der Waals surface area contributed by atoms with Gasteiger partial charge in [-0.1, -0.05) is 35.9 Å². The Hall–Kier alpha value is -1.95. The Morgan fingerprint density at radius 2 is 2.04 bits per heavy atom. The second-order valence-corrected chi connectivity index (χ2v) is 6.95. The number of rotatable bonds is 4. The van der Waals surface area contributed by atoms with Crippen LogP contribution in [0.15, 0.2) is 36.4 Å². The molecule has 2 N–H and O–H groups in total. The van der Waals surface area contributed by atoms with Gasteiger partial charge in [-0.25, -0.2) is 0 Å². The van der Waals surface area contributed by atoms with Crippen molar-refractivity contribution in [2.45, 2.75) is 18.9 Å². The topological polar surface area (TPSA) is 59.6 Å². The van der Waals surface area contributed by atoms with Crippen molar-refractivity contribution in [3.63, 3.8) is 0 Å². The fraction of sp³-hybridized carbons (Fsp3) is 0.350. The van der Waals surface area contributed by atoms with Gasteiger partial charge in [0.2, 0.25) is 5.91 Å². The molecule has 0 saturated carbocycles. The maximum atomic E-state index is 12.4. The van der Waals surface area contributed by atoms with Crippen LogP contribution in [-0.4, -0.2) is 32.2 Å². The molecule has 0 aromatic heterocycles. The molecule has 1 atom stereocenters. The summed E-state index contributed by atoms with van der Waals surface area (Å²) in [5.41, 5.74) is 3.43. The summed E-state index contributed by atoms with van der Waals surface area (Å²) in [5.74, 6) is 1.13. The van der Waals surface area contributed by atoms with E-state index in [9.17, 15) is 4.79 Å². The minimum Gasteiger partial charge on any atom is -0.486 e. The molecule has 2 aliphatic heterocycles. The quantitative estimate of drug-likeness (QED) is 0.815. The van der Waals surface area contributed by atoms with Crippen LogP contribution in [0.5, 0.6) is 11.5 Å². The van der Waals surface area contributed by atoms with Crippen molar-refractivity contribution in [2.24, 2.45) is 0 Å². The van der Waals surface area contributed by atoms with Crippen LogP contribution in [0.2, 0.25) is 5.02 Å². The van der Waals surface area contributed by atoms with E-state index >= 15 is 0 Å². The molecule has 1 unspecified atom stereocenters. The van der Waals surface area contributed by atoms with Gasteiger partial charge in [-0.3, -0.25) is 4.79 Å². The molecule has 0 saturated heterocycles. The van der Waals surface area contributed by atoms with Crippen molar-refractivity contribution in [1.29, 1.82) is 0 Å². The summed E-state index contributed by atoms with van der Waals surface area (Å²) < 4.78 is 11.1. The number of hydrogen-bond acceptors (Lipinski definition) is 4. The highest BCUT2D eigenvalue weighted by Crippen LogP contribution is 2.38. The van der Waals surface area contributed by atoms with E-state index in [0.29, 0.717) is 36.3 Å². The number of fused-ring (bicyclic) bond motifs is 2. The van der Waals surface area contributed by atoms with Gasteiger partial charge < -0.3 is 20.1 Å². The third kappa shape index (κ3) is 4.49. The van der Waals surface area contributed by atoms with Gasteiger partial charge in [-0.2, -0.15) is 0 Å². The van der Waals surface area contributed by atoms with E-state index in [2.05, 4.69) is 28.8 Å². The van der Waals surface area contributed by atoms with Gasteiger partial charge in [0.25, 0.3) is 0 Å². The van der Waals surface area contributed by atoms with Crippen LogP contribution in [0, 0.1) is 0 Å². The van der Waals surface area contributed by atoms with E-state index < -0.39 is 0 Å². The van der Waals surface area contributed by atoms with Crippen molar-refractivity contribution >= 4 is 29.9 Å². The van der Waals surface area contributed by atoms with Crippen molar-refractivity contribution in [1.82, 2.24) is 10.6 Å². The van der Waals surface area contributed by atoms with Crippen LogP contribution in [0.25, 0.3) is 0 Å². The van der Waals surface area contributed by atoms with Crippen molar-refractivity contribution in [3.05, 3.63) is 58.1 Å².